The number of aliphatic hydroxyl groups is 4. The van der Waals surface area contributed by atoms with E-state index in [-0.39, 0.29) is 17.6 Å². The van der Waals surface area contributed by atoms with Gasteiger partial charge in [0.1, 0.15) is 11.9 Å². The Balaban J connectivity index is 1.44. The Morgan fingerprint density at radius 3 is 2.76 bits per heavy atom. The van der Waals surface area contributed by atoms with Crippen molar-refractivity contribution in [1.29, 1.82) is 0 Å². The Morgan fingerprint density at radius 1 is 1.18 bits per heavy atom. The number of methoxy groups -OCH3 is 1. The number of ether oxygens (including phenoxy) is 4. The lowest BCUT2D eigenvalue weighted by molar-refractivity contribution is -0.312. The van der Waals surface area contributed by atoms with E-state index in [1.807, 2.05) is 18.2 Å². The number of allylic oxidation sites excluding steroid dienone is 2. The van der Waals surface area contributed by atoms with Crippen LogP contribution < -0.4 is 9.47 Å². The minimum absolute atomic E-state index is 0.289. The predicted molar refractivity (Wildman–Crippen MR) is 115 cm³/mol. The van der Waals surface area contributed by atoms with E-state index in [1.165, 1.54) is 11.1 Å². The first-order valence-electron chi connectivity index (χ1n) is 11.4. The van der Waals surface area contributed by atoms with Crippen molar-refractivity contribution in [3.63, 3.8) is 0 Å². The van der Waals surface area contributed by atoms with Crippen LogP contribution in [0.1, 0.15) is 17.5 Å². The van der Waals surface area contributed by atoms with E-state index in [0.717, 1.165) is 30.7 Å². The number of aliphatic hydroxyl groups excluding tert-OH is 4. The second-order valence-electron chi connectivity index (χ2n) is 9.58. The summed E-state index contributed by atoms with van der Waals surface area (Å²) < 4.78 is 23.8. The smallest absolute Gasteiger partial charge is 0.210 e. The molecular weight excluding hydrogens is 430 g/mol. The number of likely N-dealkylation sites (tertiary alicyclic amines) is 1. The first-order chi connectivity index (χ1) is 15.9. The van der Waals surface area contributed by atoms with Crippen molar-refractivity contribution in [2.45, 2.75) is 55.2 Å². The zero-order chi connectivity index (χ0) is 23.1. The molecule has 33 heavy (non-hydrogen) atoms. The Hall–Kier alpha value is -2.14. The summed E-state index contributed by atoms with van der Waals surface area (Å²) in [6, 6.07) is 4.13. The lowest BCUT2D eigenvalue weighted by Gasteiger charge is -2.52. The Kier molecular flexibility index (Phi) is 4.82. The molecule has 0 aromatic heterocycles. The van der Waals surface area contributed by atoms with Gasteiger partial charge < -0.3 is 39.4 Å². The molecule has 1 unspecified atom stereocenters. The second kappa shape index (κ2) is 7.43. The number of piperidine rings is 1. The summed E-state index contributed by atoms with van der Waals surface area (Å²) in [7, 11) is 3.81. The third kappa shape index (κ3) is 2.75. The minimum Gasteiger partial charge on any atom is -0.497 e. The van der Waals surface area contributed by atoms with Crippen molar-refractivity contribution in [1.82, 2.24) is 4.90 Å². The highest BCUT2D eigenvalue weighted by Crippen LogP contribution is 2.62. The standard InChI is InChI=1S/C24H29NO8/c1-25-8-7-24-13-4-6-16(30-2)21(24)32-20-15(5-3-11(17(20)24)9-14(13)25)31-23-12(10-26)18(27)19(28)22(29)33-23/h3-6,12,14,18-19,21-23,26-29H,7-10H2,1-2H3/t12-,14?,18-,19+,21+,22+,23+,24+/m1/s1. The number of nitrogens with zero attached hydrogens (tertiary/aromatic N) is 1. The molecule has 6 rings (SSSR count). The second-order valence-corrected chi connectivity index (χ2v) is 9.58. The molecule has 2 aliphatic carbocycles. The fraction of sp³-hybridized carbons (Fsp3) is 0.583. The van der Waals surface area contributed by atoms with Crippen molar-refractivity contribution in [3.05, 3.63) is 46.7 Å². The van der Waals surface area contributed by atoms with Crippen LogP contribution in [0.4, 0.5) is 0 Å². The number of benzene rings is 1. The highest BCUT2D eigenvalue weighted by Gasteiger charge is 2.62. The first kappa shape index (κ1) is 21.4. The van der Waals surface area contributed by atoms with Gasteiger partial charge in [0.15, 0.2) is 23.9 Å². The Labute approximate surface area is 191 Å². The molecular formula is C24H29NO8. The molecule has 9 heteroatoms. The van der Waals surface area contributed by atoms with Gasteiger partial charge in [-0.3, -0.25) is 4.90 Å². The quantitative estimate of drug-likeness (QED) is 0.485. The van der Waals surface area contributed by atoms with E-state index in [1.54, 1.807) is 7.11 Å². The van der Waals surface area contributed by atoms with Crippen LogP contribution in [-0.2, 0) is 21.3 Å². The van der Waals surface area contributed by atoms with Crippen LogP contribution in [0.25, 0.3) is 0 Å². The maximum atomic E-state index is 10.3. The molecule has 3 aliphatic heterocycles. The molecule has 0 saturated carbocycles. The number of hydrogen-bond donors (Lipinski definition) is 4. The fourth-order valence-electron chi connectivity index (χ4n) is 6.37. The Bertz CT molecular complexity index is 1040. The summed E-state index contributed by atoms with van der Waals surface area (Å²) in [5, 5.41) is 40.0. The van der Waals surface area contributed by atoms with Crippen LogP contribution in [0.3, 0.4) is 0 Å². The minimum atomic E-state index is -1.63. The maximum Gasteiger partial charge on any atom is 0.210 e. The van der Waals surface area contributed by atoms with Crippen LogP contribution in [0.2, 0.25) is 0 Å². The van der Waals surface area contributed by atoms with Gasteiger partial charge in [-0.2, -0.15) is 0 Å². The molecule has 3 heterocycles. The van der Waals surface area contributed by atoms with Crippen molar-refractivity contribution in [2.24, 2.45) is 5.92 Å². The molecule has 2 bridgehead atoms. The molecule has 5 aliphatic rings. The van der Waals surface area contributed by atoms with Gasteiger partial charge in [-0.15, -0.1) is 0 Å². The zero-order valence-corrected chi connectivity index (χ0v) is 18.5. The van der Waals surface area contributed by atoms with Crippen molar-refractivity contribution >= 4 is 0 Å². The van der Waals surface area contributed by atoms with Crippen LogP contribution in [0.15, 0.2) is 35.6 Å². The summed E-state index contributed by atoms with van der Waals surface area (Å²) in [6.45, 7) is 0.443. The fourth-order valence-corrected chi connectivity index (χ4v) is 6.37. The van der Waals surface area contributed by atoms with E-state index in [9.17, 15) is 20.4 Å². The summed E-state index contributed by atoms with van der Waals surface area (Å²) in [4.78, 5) is 2.39. The van der Waals surface area contributed by atoms with Gasteiger partial charge >= 0.3 is 0 Å². The van der Waals surface area contributed by atoms with Gasteiger partial charge in [0, 0.05) is 11.6 Å². The van der Waals surface area contributed by atoms with Crippen LogP contribution >= 0.6 is 0 Å². The van der Waals surface area contributed by atoms with Gasteiger partial charge in [-0.05, 0) is 49.7 Å². The van der Waals surface area contributed by atoms with E-state index in [2.05, 4.69) is 18.0 Å². The average Bonchev–Trinajstić information content (AvgIpc) is 3.16. The molecule has 2 fully saturated rings. The maximum absolute atomic E-state index is 10.3. The molecule has 4 N–H and O–H groups in total. The van der Waals surface area contributed by atoms with Crippen LogP contribution in [0.5, 0.6) is 11.5 Å². The topological polar surface area (TPSA) is 121 Å². The number of hydrogen-bond acceptors (Lipinski definition) is 9. The third-order valence-corrected chi connectivity index (χ3v) is 8.09. The van der Waals surface area contributed by atoms with E-state index < -0.39 is 37.3 Å². The highest BCUT2D eigenvalue weighted by atomic mass is 16.7. The zero-order valence-electron chi connectivity index (χ0n) is 18.5. The van der Waals surface area contributed by atoms with E-state index >= 15 is 0 Å². The van der Waals surface area contributed by atoms with Gasteiger partial charge in [0.25, 0.3) is 0 Å². The lowest BCUT2D eigenvalue weighted by Crippen LogP contribution is -2.58. The van der Waals surface area contributed by atoms with E-state index in [0.29, 0.717) is 11.5 Å². The van der Waals surface area contributed by atoms with Crippen LogP contribution in [-0.4, -0.2) is 89.6 Å². The third-order valence-electron chi connectivity index (χ3n) is 8.09. The molecule has 178 valence electrons. The number of rotatable bonds is 4. The summed E-state index contributed by atoms with van der Waals surface area (Å²) >= 11 is 0. The molecule has 9 nitrogen and oxygen atoms in total. The average molecular weight is 459 g/mol. The summed E-state index contributed by atoms with van der Waals surface area (Å²) in [6.07, 6.45) is -0.133. The first-order valence-corrected chi connectivity index (χ1v) is 11.4. The highest BCUT2D eigenvalue weighted by molar-refractivity contribution is 5.67. The molecule has 8 atom stereocenters. The largest absolute Gasteiger partial charge is 0.497 e. The summed E-state index contributed by atoms with van der Waals surface area (Å²) in [5.74, 6) is 0.829. The molecule has 2 saturated heterocycles. The van der Waals surface area contributed by atoms with Gasteiger partial charge in [0.05, 0.1) is 31.2 Å². The predicted octanol–water partition coefficient (Wildman–Crippen LogP) is -0.200. The van der Waals surface area contributed by atoms with Gasteiger partial charge in [-0.1, -0.05) is 12.1 Å². The molecule has 1 spiro atoms. The van der Waals surface area contributed by atoms with Gasteiger partial charge in [0.2, 0.25) is 6.29 Å². The van der Waals surface area contributed by atoms with Crippen molar-refractivity contribution < 1.29 is 39.4 Å². The van der Waals surface area contributed by atoms with E-state index in [4.69, 9.17) is 18.9 Å². The van der Waals surface area contributed by atoms with Crippen molar-refractivity contribution in [2.75, 3.05) is 27.3 Å². The molecule has 1 aromatic rings. The number of likely N-dealkylation sites (N-methyl/N-ethyl adjacent to an activating group) is 1. The molecule has 0 radical (unpaired) electrons. The molecule has 0 amide bonds. The summed E-state index contributed by atoms with van der Waals surface area (Å²) in [5.41, 5.74) is 3.28. The Morgan fingerprint density at radius 2 is 2.00 bits per heavy atom. The normalized spacial score (nSPS) is 41.0. The van der Waals surface area contributed by atoms with Crippen molar-refractivity contribution in [3.8, 4) is 11.5 Å². The van der Waals surface area contributed by atoms with Gasteiger partial charge in [-0.25, -0.2) is 0 Å². The lowest BCUT2D eigenvalue weighted by atomic mass is 9.57. The molecule has 1 aromatic carbocycles. The SMILES string of the molecule is COC1=CC=C2C3Cc4ccc(O[C@H]5O[C@H](O)[C@@H](O)[C@H](O)[C@H]5CO)c5c4[C@@]2(CCN3C)[C@H]1O5. The monoisotopic (exact) mass is 459 g/mol. The van der Waals surface area contributed by atoms with Crippen LogP contribution in [0, 0.1) is 5.92 Å².